The molecule has 160 valence electrons. The number of nitrogens with one attached hydrogen (secondary N) is 1. The Balaban J connectivity index is 1.89. The van der Waals surface area contributed by atoms with Crippen molar-refractivity contribution in [3.8, 4) is 33.9 Å². The lowest BCUT2D eigenvalue weighted by molar-refractivity contribution is 0.0827. The number of hydrogen-bond acceptors (Lipinski definition) is 4. The third-order valence-electron chi connectivity index (χ3n) is 5.14. The molecule has 32 heavy (non-hydrogen) atoms. The standard InChI is InChI=1S/C26H23N3O3/c1-17-23(18-10-9-11-19(16-18)26(31)29(2)3)24(27-28-25(17)30)21-14-7-8-15-22(21)32-20-12-5-4-6-13-20/h4-16H,1-3H3,(H,28,30). The predicted octanol–water partition coefficient (Wildman–Crippen LogP) is 4.91. The zero-order chi connectivity index (χ0) is 22.7. The van der Waals surface area contributed by atoms with Gasteiger partial charge in [0, 0.05) is 36.3 Å². The maximum atomic E-state index is 12.5. The van der Waals surface area contributed by atoms with Gasteiger partial charge < -0.3 is 9.64 Å². The van der Waals surface area contributed by atoms with Gasteiger partial charge >= 0.3 is 0 Å². The maximum Gasteiger partial charge on any atom is 0.267 e. The molecule has 1 N–H and O–H groups in total. The average Bonchev–Trinajstić information content (AvgIpc) is 2.81. The summed E-state index contributed by atoms with van der Waals surface area (Å²) in [5, 5.41) is 6.97. The number of carbonyl (C=O) groups excluding carboxylic acids is 1. The number of aromatic amines is 1. The van der Waals surface area contributed by atoms with Crippen molar-refractivity contribution in [1.29, 1.82) is 0 Å². The van der Waals surface area contributed by atoms with E-state index < -0.39 is 0 Å². The summed E-state index contributed by atoms with van der Waals surface area (Å²) >= 11 is 0. The fraction of sp³-hybridized carbons (Fsp3) is 0.115. The van der Waals surface area contributed by atoms with E-state index in [1.165, 1.54) is 4.90 Å². The fourth-order valence-electron chi connectivity index (χ4n) is 3.52. The van der Waals surface area contributed by atoms with Crippen LogP contribution in [-0.4, -0.2) is 35.1 Å². The minimum Gasteiger partial charge on any atom is -0.457 e. The van der Waals surface area contributed by atoms with E-state index in [4.69, 9.17) is 4.74 Å². The minimum absolute atomic E-state index is 0.114. The number of aromatic nitrogens is 2. The van der Waals surface area contributed by atoms with Gasteiger partial charge in [-0.2, -0.15) is 5.10 Å². The van der Waals surface area contributed by atoms with Gasteiger partial charge in [-0.1, -0.05) is 42.5 Å². The van der Waals surface area contributed by atoms with Crippen LogP contribution in [0.2, 0.25) is 0 Å². The molecule has 0 spiro atoms. The molecule has 4 aromatic rings. The van der Waals surface area contributed by atoms with Crippen molar-refractivity contribution in [2.75, 3.05) is 14.1 Å². The highest BCUT2D eigenvalue weighted by Gasteiger charge is 2.19. The number of rotatable bonds is 5. The first-order chi connectivity index (χ1) is 15.5. The van der Waals surface area contributed by atoms with Crippen LogP contribution in [-0.2, 0) is 0 Å². The normalized spacial score (nSPS) is 10.6. The molecular weight excluding hydrogens is 402 g/mol. The minimum atomic E-state index is -0.283. The van der Waals surface area contributed by atoms with Crippen molar-refractivity contribution in [2.24, 2.45) is 0 Å². The van der Waals surface area contributed by atoms with Crippen molar-refractivity contribution in [2.45, 2.75) is 6.92 Å². The summed E-state index contributed by atoms with van der Waals surface area (Å²) in [7, 11) is 3.41. The molecule has 6 heteroatoms. The summed E-state index contributed by atoms with van der Waals surface area (Å²) in [4.78, 5) is 26.5. The van der Waals surface area contributed by atoms with Gasteiger partial charge in [-0.25, -0.2) is 5.10 Å². The molecule has 0 fully saturated rings. The molecule has 3 aromatic carbocycles. The number of hydrogen-bond donors (Lipinski definition) is 1. The van der Waals surface area contributed by atoms with Crippen molar-refractivity contribution < 1.29 is 9.53 Å². The molecule has 0 saturated heterocycles. The third kappa shape index (κ3) is 4.16. The van der Waals surface area contributed by atoms with Gasteiger partial charge in [0.15, 0.2) is 0 Å². The lowest BCUT2D eigenvalue weighted by Crippen LogP contribution is -2.21. The third-order valence-corrected chi connectivity index (χ3v) is 5.14. The highest BCUT2D eigenvalue weighted by molar-refractivity contribution is 5.96. The first-order valence-corrected chi connectivity index (χ1v) is 10.2. The molecule has 6 nitrogen and oxygen atoms in total. The van der Waals surface area contributed by atoms with Crippen LogP contribution >= 0.6 is 0 Å². The zero-order valence-electron chi connectivity index (χ0n) is 18.1. The number of para-hydroxylation sites is 2. The second-order valence-corrected chi connectivity index (χ2v) is 7.59. The Bertz CT molecular complexity index is 1330. The smallest absolute Gasteiger partial charge is 0.267 e. The van der Waals surface area contributed by atoms with Gasteiger partial charge in [0.1, 0.15) is 17.2 Å². The summed E-state index contributed by atoms with van der Waals surface area (Å²) in [6, 6.07) is 24.2. The first-order valence-electron chi connectivity index (χ1n) is 10.2. The average molecular weight is 425 g/mol. The van der Waals surface area contributed by atoms with Crippen LogP contribution in [0.15, 0.2) is 83.7 Å². The molecule has 0 aliphatic carbocycles. The van der Waals surface area contributed by atoms with E-state index in [2.05, 4.69) is 10.2 Å². The zero-order valence-corrected chi connectivity index (χ0v) is 18.1. The highest BCUT2D eigenvalue weighted by atomic mass is 16.5. The van der Waals surface area contributed by atoms with E-state index >= 15 is 0 Å². The van der Waals surface area contributed by atoms with Gasteiger partial charge in [0.2, 0.25) is 0 Å². The Kier molecular flexibility index (Phi) is 5.85. The summed E-state index contributed by atoms with van der Waals surface area (Å²) in [5.74, 6) is 1.19. The van der Waals surface area contributed by atoms with Crippen LogP contribution in [0.25, 0.3) is 22.4 Å². The van der Waals surface area contributed by atoms with E-state index in [-0.39, 0.29) is 11.5 Å². The van der Waals surface area contributed by atoms with Crippen molar-refractivity contribution in [3.63, 3.8) is 0 Å². The molecule has 0 unspecified atom stereocenters. The summed E-state index contributed by atoms with van der Waals surface area (Å²) in [6.07, 6.45) is 0. The quantitative estimate of drug-likeness (QED) is 0.493. The molecule has 1 amide bonds. The number of ether oxygens (including phenoxy) is 1. The van der Waals surface area contributed by atoms with Crippen molar-refractivity contribution in [3.05, 3.63) is 100 Å². The van der Waals surface area contributed by atoms with Crippen LogP contribution in [0.1, 0.15) is 15.9 Å². The van der Waals surface area contributed by atoms with Crippen LogP contribution in [0.4, 0.5) is 0 Å². The molecule has 0 atom stereocenters. The maximum absolute atomic E-state index is 12.5. The van der Waals surface area contributed by atoms with E-state index in [0.717, 1.165) is 11.1 Å². The number of nitrogens with zero attached hydrogens (tertiary/aromatic N) is 2. The van der Waals surface area contributed by atoms with Crippen molar-refractivity contribution in [1.82, 2.24) is 15.1 Å². The van der Waals surface area contributed by atoms with Crippen LogP contribution < -0.4 is 10.3 Å². The van der Waals surface area contributed by atoms with E-state index in [9.17, 15) is 9.59 Å². The van der Waals surface area contributed by atoms with Gasteiger partial charge in [0.25, 0.3) is 11.5 Å². The van der Waals surface area contributed by atoms with E-state index in [0.29, 0.717) is 33.9 Å². The Hall–Kier alpha value is -4.19. The summed E-state index contributed by atoms with van der Waals surface area (Å²) < 4.78 is 6.13. The number of benzene rings is 3. The second-order valence-electron chi connectivity index (χ2n) is 7.59. The Labute approximate surface area is 186 Å². The van der Waals surface area contributed by atoms with Crippen LogP contribution in [0, 0.1) is 6.92 Å². The van der Waals surface area contributed by atoms with Gasteiger partial charge in [-0.15, -0.1) is 0 Å². The topological polar surface area (TPSA) is 75.3 Å². The molecule has 1 aromatic heterocycles. The largest absolute Gasteiger partial charge is 0.457 e. The summed E-state index contributed by atoms with van der Waals surface area (Å²) in [6.45, 7) is 1.75. The van der Waals surface area contributed by atoms with Crippen LogP contribution in [0.5, 0.6) is 11.5 Å². The SMILES string of the molecule is Cc1c(-c2cccc(C(=O)N(C)C)c2)c(-c2ccccc2Oc2ccccc2)n[nH]c1=O. The Morgan fingerprint density at radius 1 is 0.938 bits per heavy atom. The van der Waals surface area contributed by atoms with Gasteiger partial charge in [-0.3, -0.25) is 9.59 Å². The lowest BCUT2D eigenvalue weighted by Gasteiger charge is -2.16. The highest BCUT2D eigenvalue weighted by Crippen LogP contribution is 2.38. The number of carbonyl (C=O) groups is 1. The van der Waals surface area contributed by atoms with Crippen LogP contribution in [0.3, 0.4) is 0 Å². The van der Waals surface area contributed by atoms with E-state index in [1.54, 1.807) is 33.2 Å². The second kappa shape index (κ2) is 8.89. The Morgan fingerprint density at radius 2 is 1.66 bits per heavy atom. The molecule has 0 saturated carbocycles. The molecule has 0 radical (unpaired) electrons. The lowest BCUT2D eigenvalue weighted by atomic mass is 9.94. The molecular formula is C26H23N3O3. The number of amides is 1. The molecule has 4 rings (SSSR count). The monoisotopic (exact) mass is 425 g/mol. The predicted molar refractivity (Wildman–Crippen MR) is 125 cm³/mol. The first kappa shape index (κ1) is 21.1. The molecule has 0 aliphatic heterocycles. The Morgan fingerprint density at radius 3 is 2.41 bits per heavy atom. The van der Waals surface area contributed by atoms with Gasteiger partial charge in [-0.05, 0) is 48.9 Å². The fourth-order valence-corrected chi connectivity index (χ4v) is 3.52. The molecule has 1 heterocycles. The van der Waals surface area contributed by atoms with Gasteiger partial charge in [0.05, 0.1) is 0 Å². The molecule has 0 bridgehead atoms. The van der Waals surface area contributed by atoms with Crippen molar-refractivity contribution >= 4 is 5.91 Å². The molecule has 0 aliphatic rings. The summed E-state index contributed by atoms with van der Waals surface area (Å²) in [5.41, 5.74) is 3.46. The van der Waals surface area contributed by atoms with E-state index in [1.807, 2.05) is 66.7 Å². The number of H-pyrrole nitrogens is 1.